The van der Waals surface area contributed by atoms with Gasteiger partial charge in [0.2, 0.25) is 0 Å². The molecular weight excluding hydrogens is 258 g/mol. The summed E-state index contributed by atoms with van der Waals surface area (Å²) in [7, 11) is 0. The van der Waals surface area contributed by atoms with E-state index in [-0.39, 0.29) is 11.0 Å². The van der Waals surface area contributed by atoms with Gasteiger partial charge in [-0.05, 0) is 40.2 Å². The first kappa shape index (κ1) is 15.6. The third-order valence-electron chi connectivity index (χ3n) is 3.58. The van der Waals surface area contributed by atoms with Crippen molar-refractivity contribution < 1.29 is 0 Å². The Kier molecular flexibility index (Phi) is 4.43. The van der Waals surface area contributed by atoms with Gasteiger partial charge in [0, 0.05) is 35.5 Å². The molecule has 0 aliphatic carbocycles. The fraction of sp³-hybridized carbons (Fsp3) is 0.444. The number of benzene rings is 1. The molecule has 0 atom stereocenters. The minimum absolute atomic E-state index is 0.0992. The Morgan fingerprint density at radius 3 is 2.00 bits per heavy atom. The second-order valence-electron chi connectivity index (χ2n) is 7.01. The Balaban J connectivity index is 2.15. The van der Waals surface area contributed by atoms with Crippen molar-refractivity contribution in [3.05, 3.63) is 59.7 Å². The maximum atomic E-state index is 4.58. The average Bonchev–Trinajstić information content (AvgIpc) is 2.46. The number of nitrogens with one attached hydrogen (secondary N) is 1. The van der Waals surface area contributed by atoms with Crippen LogP contribution in [0.4, 0.5) is 0 Å². The van der Waals surface area contributed by atoms with Gasteiger partial charge >= 0.3 is 0 Å². The maximum Gasteiger partial charge on any atom is 0.138 e. The van der Waals surface area contributed by atoms with E-state index in [0.717, 1.165) is 17.9 Å². The Hall–Kier alpha value is -1.74. The highest BCUT2D eigenvalue weighted by atomic mass is 15.0. The molecule has 0 amide bonds. The van der Waals surface area contributed by atoms with Gasteiger partial charge in [-0.15, -0.1) is 0 Å². The van der Waals surface area contributed by atoms with Crippen LogP contribution in [0, 0.1) is 0 Å². The number of nitrogens with zero attached hydrogens (tertiary/aromatic N) is 2. The minimum Gasteiger partial charge on any atom is -0.308 e. The summed E-state index contributed by atoms with van der Waals surface area (Å²) in [6.45, 7) is 11.6. The van der Waals surface area contributed by atoms with E-state index >= 15 is 0 Å². The number of rotatable bonds is 4. The third kappa shape index (κ3) is 4.11. The molecule has 0 unspecified atom stereocenters. The first-order valence-corrected chi connectivity index (χ1v) is 7.41. The molecule has 2 rings (SSSR count). The molecule has 2 aromatic rings. The van der Waals surface area contributed by atoms with Crippen LogP contribution < -0.4 is 5.32 Å². The summed E-state index contributed by atoms with van der Waals surface area (Å²) in [6, 6.07) is 10.4. The monoisotopic (exact) mass is 283 g/mol. The predicted octanol–water partition coefficient (Wildman–Crippen LogP) is 3.69. The van der Waals surface area contributed by atoms with Crippen LogP contribution in [0.5, 0.6) is 0 Å². The fourth-order valence-corrected chi connectivity index (χ4v) is 2.12. The van der Waals surface area contributed by atoms with E-state index < -0.39 is 0 Å². The summed E-state index contributed by atoms with van der Waals surface area (Å²) >= 11 is 0. The minimum atomic E-state index is -0.183. The van der Waals surface area contributed by atoms with E-state index in [1.165, 1.54) is 5.56 Å². The molecule has 0 saturated heterocycles. The third-order valence-corrected chi connectivity index (χ3v) is 3.58. The lowest BCUT2D eigenvalue weighted by Crippen LogP contribution is -2.35. The lowest BCUT2D eigenvalue weighted by Gasteiger charge is -2.24. The molecule has 21 heavy (non-hydrogen) atoms. The topological polar surface area (TPSA) is 37.8 Å². The summed E-state index contributed by atoms with van der Waals surface area (Å²) < 4.78 is 0. The fourth-order valence-electron chi connectivity index (χ4n) is 2.12. The first-order valence-electron chi connectivity index (χ1n) is 7.41. The molecule has 3 nitrogen and oxygen atoms in total. The van der Waals surface area contributed by atoms with Crippen molar-refractivity contribution in [2.75, 3.05) is 0 Å². The second kappa shape index (κ2) is 5.94. The van der Waals surface area contributed by atoms with Gasteiger partial charge in [-0.1, -0.05) is 30.3 Å². The van der Waals surface area contributed by atoms with Crippen LogP contribution in [0.25, 0.3) is 0 Å². The van der Waals surface area contributed by atoms with Crippen molar-refractivity contribution in [3.8, 4) is 0 Å². The highest BCUT2D eigenvalue weighted by Gasteiger charge is 2.25. The van der Waals surface area contributed by atoms with E-state index in [9.17, 15) is 0 Å². The molecule has 1 aromatic carbocycles. The summed E-state index contributed by atoms with van der Waals surface area (Å²) in [5, 5.41) is 3.45. The molecule has 0 saturated carbocycles. The van der Waals surface area contributed by atoms with E-state index in [4.69, 9.17) is 0 Å². The van der Waals surface area contributed by atoms with Crippen molar-refractivity contribution in [1.29, 1.82) is 0 Å². The number of hydrogen-bond donors (Lipinski definition) is 1. The number of aromatic nitrogens is 2. The second-order valence-corrected chi connectivity index (χ2v) is 7.01. The van der Waals surface area contributed by atoms with Crippen molar-refractivity contribution >= 4 is 0 Å². The molecule has 0 fully saturated rings. The van der Waals surface area contributed by atoms with Crippen LogP contribution in [-0.2, 0) is 12.0 Å². The van der Waals surface area contributed by atoms with Crippen LogP contribution in [-0.4, -0.2) is 15.5 Å². The standard InChI is InChI=1S/C18H25N3/c1-17(2,3)21-13-14-11-19-16(20-12-14)18(4,5)15-9-7-6-8-10-15/h6-12,21H,13H2,1-5H3. The van der Waals surface area contributed by atoms with Crippen molar-refractivity contribution in [2.45, 2.75) is 52.1 Å². The highest BCUT2D eigenvalue weighted by molar-refractivity contribution is 5.30. The molecule has 1 N–H and O–H groups in total. The molecule has 0 aliphatic heterocycles. The summed E-state index contributed by atoms with van der Waals surface area (Å²) in [4.78, 5) is 9.15. The van der Waals surface area contributed by atoms with Gasteiger partial charge in [-0.3, -0.25) is 0 Å². The normalized spacial score (nSPS) is 12.4. The van der Waals surface area contributed by atoms with Gasteiger partial charge in [0.25, 0.3) is 0 Å². The zero-order valence-corrected chi connectivity index (χ0v) is 13.6. The first-order chi connectivity index (χ1) is 9.79. The Bertz CT molecular complexity index is 566. The van der Waals surface area contributed by atoms with Gasteiger partial charge in [-0.25, -0.2) is 9.97 Å². The van der Waals surface area contributed by atoms with Crippen LogP contribution in [0.2, 0.25) is 0 Å². The van der Waals surface area contributed by atoms with Crippen LogP contribution in [0.15, 0.2) is 42.7 Å². The van der Waals surface area contributed by atoms with Crippen molar-refractivity contribution in [2.24, 2.45) is 0 Å². The summed E-state index contributed by atoms with van der Waals surface area (Å²) in [6.07, 6.45) is 3.84. The predicted molar refractivity (Wildman–Crippen MR) is 87.2 cm³/mol. The molecule has 1 aromatic heterocycles. The van der Waals surface area contributed by atoms with Crippen molar-refractivity contribution in [1.82, 2.24) is 15.3 Å². The number of hydrogen-bond acceptors (Lipinski definition) is 3. The Labute approximate surface area is 127 Å². The zero-order chi connectivity index (χ0) is 15.5. The molecule has 0 radical (unpaired) electrons. The van der Waals surface area contributed by atoms with E-state index in [0.29, 0.717) is 0 Å². The molecule has 0 bridgehead atoms. The van der Waals surface area contributed by atoms with Gasteiger partial charge in [0.1, 0.15) is 5.82 Å². The molecular formula is C18H25N3. The van der Waals surface area contributed by atoms with E-state index in [1.807, 2.05) is 18.5 Å². The molecule has 3 heteroatoms. The van der Waals surface area contributed by atoms with Crippen LogP contribution in [0.1, 0.15) is 51.6 Å². The zero-order valence-electron chi connectivity index (χ0n) is 13.6. The Morgan fingerprint density at radius 2 is 1.48 bits per heavy atom. The van der Waals surface area contributed by atoms with Crippen LogP contribution in [0.3, 0.4) is 0 Å². The maximum absolute atomic E-state index is 4.58. The smallest absolute Gasteiger partial charge is 0.138 e. The van der Waals surface area contributed by atoms with Gasteiger partial charge in [-0.2, -0.15) is 0 Å². The quantitative estimate of drug-likeness (QED) is 0.930. The van der Waals surface area contributed by atoms with Gasteiger partial charge < -0.3 is 5.32 Å². The average molecular weight is 283 g/mol. The lowest BCUT2D eigenvalue weighted by atomic mass is 9.84. The lowest BCUT2D eigenvalue weighted by molar-refractivity contribution is 0.423. The molecule has 0 aliphatic rings. The van der Waals surface area contributed by atoms with E-state index in [2.05, 4.69) is 74.2 Å². The highest BCUT2D eigenvalue weighted by Crippen LogP contribution is 2.28. The van der Waals surface area contributed by atoms with E-state index in [1.54, 1.807) is 0 Å². The largest absolute Gasteiger partial charge is 0.308 e. The molecule has 0 spiro atoms. The van der Waals surface area contributed by atoms with Crippen LogP contribution >= 0.6 is 0 Å². The van der Waals surface area contributed by atoms with Gasteiger partial charge in [0.05, 0.1) is 0 Å². The molecule has 112 valence electrons. The SMILES string of the molecule is CC(C)(C)NCc1cnc(C(C)(C)c2ccccc2)nc1. The summed E-state index contributed by atoms with van der Waals surface area (Å²) in [5.74, 6) is 0.855. The molecule has 1 heterocycles. The van der Waals surface area contributed by atoms with Gasteiger partial charge in [0.15, 0.2) is 0 Å². The summed E-state index contributed by atoms with van der Waals surface area (Å²) in [5.41, 5.74) is 2.25. The van der Waals surface area contributed by atoms with Crippen molar-refractivity contribution in [3.63, 3.8) is 0 Å². The Morgan fingerprint density at radius 1 is 0.905 bits per heavy atom.